The molecule has 20 heavy (non-hydrogen) atoms. The van der Waals surface area contributed by atoms with Gasteiger partial charge < -0.3 is 10.1 Å². The van der Waals surface area contributed by atoms with Crippen LogP contribution in [0.2, 0.25) is 5.02 Å². The lowest BCUT2D eigenvalue weighted by Gasteiger charge is -2.27. The summed E-state index contributed by atoms with van der Waals surface area (Å²) in [4.78, 5) is 11.7. The van der Waals surface area contributed by atoms with Crippen molar-refractivity contribution in [2.45, 2.75) is 32.8 Å². The normalized spacial score (nSPS) is 15.6. The van der Waals surface area contributed by atoms with Crippen LogP contribution in [0.5, 0.6) is 0 Å². The molecule has 1 aliphatic heterocycles. The molecule has 1 amide bonds. The summed E-state index contributed by atoms with van der Waals surface area (Å²) in [6.45, 7) is 7.57. The first-order valence-electron chi connectivity index (χ1n) is 6.82. The summed E-state index contributed by atoms with van der Waals surface area (Å²) < 4.78 is 5.23. The van der Waals surface area contributed by atoms with E-state index in [0.717, 1.165) is 30.1 Å². The lowest BCUT2D eigenvalue weighted by Crippen LogP contribution is -2.43. The molecule has 1 aromatic carbocycles. The summed E-state index contributed by atoms with van der Waals surface area (Å²) in [5, 5.41) is 6.72. The summed E-state index contributed by atoms with van der Waals surface area (Å²) in [5.41, 5.74) is 1.27. The molecule has 0 aliphatic carbocycles. The topological polar surface area (TPSA) is 50.4 Å². The standard InChI is InChI=1S/C15H21ClN2O2/c1-15(2,3)20-14(19)18-12-4-5-13(16)11(7-12)6-10-8-17-9-10/h4-5,7,10,17H,6,8-9H2,1-3H3,(H,18,19). The van der Waals surface area contributed by atoms with E-state index in [-0.39, 0.29) is 0 Å². The van der Waals surface area contributed by atoms with Crippen LogP contribution in [0.4, 0.5) is 10.5 Å². The Morgan fingerprint density at radius 2 is 2.15 bits per heavy atom. The van der Waals surface area contributed by atoms with Crippen molar-refractivity contribution < 1.29 is 9.53 Å². The van der Waals surface area contributed by atoms with Crippen molar-refractivity contribution in [1.82, 2.24) is 5.32 Å². The molecule has 1 aliphatic rings. The molecule has 0 bridgehead atoms. The maximum Gasteiger partial charge on any atom is 0.412 e. The van der Waals surface area contributed by atoms with Crippen LogP contribution in [0.15, 0.2) is 18.2 Å². The Bertz CT molecular complexity index is 493. The monoisotopic (exact) mass is 296 g/mol. The highest BCUT2D eigenvalue weighted by atomic mass is 35.5. The lowest BCUT2D eigenvalue weighted by molar-refractivity contribution is 0.0636. The second kappa shape index (κ2) is 6.02. The van der Waals surface area contributed by atoms with Gasteiger partial charge in [-0.2, -0.15) is 0 Å². The first-order chi connectivity index (χ1) is 9.33. The van der Waals surface area contributed by atoms with Crippen molar-refractivity contribution in [3.63, 3.8) is 0 Å². The van der Waals surface area contributed by atoms with Crippen molar-refractivity contribution >= 4 is 23.4 Å². The first-order valence-corrected chi connectivity index (χ1v) is 7.20. The highest BCUT2D eigenvalue weighted by Gasteiger charge is 2.19. The maximum atomic E-state index is 11.7. The fraction of sp³-hybridized carbons (Fsp3) is 0.533. The van der Waals surface area contributed by atoms with Gasteiger partial charge in [-0.3, -0.25) is 5.32 Å². The predicted octanol–water partition coefficient (Wildman–Crippen LogP) is 3.45. The largest absolute Gasteiger partial charge is 0.444 e. The van der Waals surface area contributed by atoms with Crippen molar-refractivity contribution in [2.75, 3.05) is 18.4 Å². The van der Waals surface area contributed by atoms with Gasteiger partial charge in [0.1, 0.15) is 5.60 Å². The lowest BCUT2D eigenvalue weighted by atomic mass is 9.94. The van der Waals surface area contributed by atoms with E-state index in [1.165, 1.54) is 0 Å². The fourth-order valence-corrected chi connectivity index (χ4v) is 2.23. The van der Waals surface area contributed by atoms with E-state index in [4.69, 9.17) is 16.3 Å². The van der Waals surface area contributed by atoms with Gasteiger partial charge in [0.2, 0.25) is 0 Å². The second-order valence-corrected chi connectivity index (χ2v) is 6.57. The van der Waals surface area contributed by atoms with Crippen molar-refractivity contribution in [3.05, 3.63) is 28.8 Å². The molecule has 1 saturated heterocycles. The Morgan fingerprint density at radius 1 is 1.45 bits per heavy atom. The predicted molar refractivity (Wildman–Crippen MR) is 81.4 cm³/mol. The minimum absolute atomic E-state index is 0.448. The van der Waals surface area contributed by atoms with Crippen molar-refractivity contribution in [2.24, 2.45) is 5.92 Å². The number of nitrogens with one attached hydrogen (secondary N) is 2. The first kappa shape index (κ1) is 15.1. The number of amides is 1. The summed E-state index contributed by atoms with van der Waals surface area (Å²) >= 11 is 6.20. The van der Waals surface area contributed by atoms with Gasteiger partial charge in [0.25, 0.3) is 0 Å². The number of hydrogen-bond acceptors (Lipinski definition) is 3. The van der Waals surface area contributed by atoms with E-state index in [0.29, 0.717) is 11.6 Å². The van der Waals surface area contributed by atoms with E-state index in [1.54, 1.807) is 6.07 Å². The van der Waals surface area contributed by atoms with Gasteiger partial charge in [0, 0.05) is 10.7 Å². The van der Waals surface area contributed by atoms with Crippen LogP contribution >= 0.6 is 11.6 Å². The Balaban J connectivity index is 2.01. The van der Waals surface area contributed by atoms with Crippen LogP contribution in [0.1, 0.15) is 26.3 Å². The smallest absolute Gasteiger partial charge is 0.412 e. The van der Waals surface area contributed by atoms with Gasteiger partial charge in [0.15, 0.2) is 0 Å². The summed E-state index contributed by atoms with van der Waals surface area (Å²) in [6.07, 6.45) is 0.478. The highest BCUT2D eigenvalue weighted by molar-refractivity contribution is 6.31. The molecule has 2 rings (SSSR count). The van der Waals surface area contributed by atoms with E-state index >= 15 is 0 Å². The minimum Gasteiger partial charge on any atom is -0.444 e. The zero-order valence-corrected chi connectivity index (χ0v) is 12.9. The van der Waals surface area contributed by atoms with Crippen LogP contribution in [-0.4, -0.2) is 24.8 Å². The van der Waals surface area contributed by atoms with Crippen LogP contribution in [0.25, 0.3) is 0 Å². The molecule has 1 aromatic rings. The molecule has 0 unspecified atom stereocenters. The average molecular weight is 297 g/mol. The minimum atomic E-state index is -0.503. The molecule has 0 atom stereocenters. The zero-order chi connectivity index (χ0) is 14.8. The Labute approximate surface area is 124 Å². The average Bonchev–Trinajstić information content (AvgIpc) is 2.24. The molecule has 110 valence electrons. The van der Waals surface area contributed by atoms with E-state index in [9.17, 15) is 4.79 Å². The maximum absolute atomic E-state index is 11.7. The number of anilines is 1. The number of benzene rings is 1. The molecule has 4 nitrogen and oxygen atoms in total. The van der Waals surface area contributed by atoms with Crippen molar-refractivity contribution in [3.8, 4) is 0 Å². The van der Waals surface area contributed by atoms with Gasteiger partial charge >= 0.3 is 6.09 Å². The van der Waals surface area contributed by atoms with Crippen LogP contribution in [-0.2, 0) is 11.2 Å². The van der Waals surface area contributed by atoms with Crippen LogP contribution in [0, 0.1) is 5.92 Å². The third kappa shape index (κ3) is 4.39. The van der Waals surface area contributed by atoms with E-state index < -0.39 is 11.7 Å². The molecule has 1 heterocycles. The Kier molecular flexibility index (Phi) is 4.55. The molecule has 2 N–H and O–H groups in total. The molecule has 0 aromatic heterocycles. The fourth-order valence-electron chi connectivity index (χ4n) is 2.03. The number of ether oxygens (including phenoxy) is 1. The van der Waals surface area contributed by atoms with Gasteiger partial charge in [-0.15, -0.1) is 0 Å². The van der Waals surface area contributed by atoms with Gasteiger partial charge in [-0.25, -0.2) is 4.79 Å². The summed E-state index contributed by atoms with van der Waals surface area (Å²) in [5.74, 6) is 0.629. The molecular formula is C15H21ClN2O2. The molecule has 5 heteroatoms. The summed E-state index contributed by atoms with van der Waals surface area (Å²) in [7, 11) is 0. The third-order valence-electron chi connectivity index (χ3n) is 3.07. The molecule has 1 fully saturated rings. The third-order valence-corrected chi connectivity index (χ3v) is 3.43. The van der Waals surface area contributed by atoms with E-state index in [1.807, 2.05) is 32.9 Å². The molecule has 0 radical (unpaired) electrons. The van der Waals surface area contributed by atoms with Gasteiger partial charge in [-0.1, -0.05) is 11.6 Å². The number of halogens is 1. The number of rotatable bonds is 3. The second-order valence-electron chi connectivity index (χ2n) is 6.16. The van der Waals surface area contributed by atoms with Crippen molar-refractivity contribution in [1.29, 1.82) is 0 Å². The quantitative estimate of drug-likeness (QED) is 0.898. The Hall–Kier alpha value is -1.26. The van der Waals surface area contributed by atoms with Gasteiger partial charge in [-0.05, 0) is 70.0 Å². The highest BCUT2D eigenvalue weighted by Crippen LogP contribution is 2.25. The van der Waals surface area contributed by atoms with Gasteiger partial charge in [0.05, 0.1) is 0 Å². The zero-order valence-electron chi connectivity index (χ0n) is 12.1. The summed E-state index contributed by atoms with van der Waals surface area (Å²) in [6, 6.07) is 5.52. The van der Waals surface area contributed by atoms with E-state index in [2.05, 4.69) is 10.6 Å². The number of hydrogen-bond donors (Lipinski definition) is 2. The van der Waals surface area contributed by atoms with Crippen LogP contribution in [0.3, 0.4) is 0 Å². The molecule has 0 saturated carbocycles. The SMILES string of the molecule is CC(C)(C)OC(=O)Nc1ccc(Cl)c(CC2CNC2)c1. The number of carbonyl (C=O) groups is 1. The number of carbonyl (C=O) groups excluding carboxylic acids is 1. The molecule has 0 spiro atoms. The Morgan fingerprint density at radius 3 is 2.70 bits per heavy atom. The van der Waals surface area contributed by atoms with Crippen LogP contribution < -0.4 is 10.6 Å². The molecular weight excluding hydrogens is 276 g/mol.